The summed E-state index contributed by atoms with van der Waals surface area (Å²) in [5.74, 6) is 0.354. The molecule has 3 heterocycles. The zero-order valence-corrected chi connectivity index (χ0v) is 34.4. The molecule has 0 aromatic heterocycles. The van der Waals surface area contributed by atoms with Gasteiger partial charge in [-0.05, 0) is 118 Å². The van der Waals surface area contributed by atoms with Crippen LogP contribution < -0.4 is 0 Å². The molecule has 0 aromatic carbocycles. The van der Waals surface area contributed by atoms with Gasteiger partial charge in [0.1, 0.15) is 48.8 Å². The smallest absolute Gasteiger partial charge is 0.186 e. The second-order valence-electron chi connectivity index (χ2n) is 21.3. The maximum Gasteiger partial charge on any atom is 0.186 e. The van der Waals surface area contributed by atoms with Crippen LogP contribution in [0.4, 0.5) is 0 Å². The Morgan fingerprint density at radius 1 is 0.684 bits per heavy atom. The second kappa shape index (κ2) is 14.2. The lowest BCUT2D eigenvalue weighted by molar-refractivity contribution is -0.343. The molecule has 8 aliphatic rings. The van der Waals surface area contributed by atoms with Crippen molar-refractivity contribution in [1.82, 2.24) is 0 Å². The van der Waals surface area contributed by atoms with Crippen LogP contribution in [0.5, 0.6) is 0 Å². The molecule has 0 aromatic rings. The fraction of sp³-hybridized carbons (Fsp3) is 1.00. The molecular formula is C42H70O15. The minimum absolute atomic E-state index is 0.0133. The molecule has 57 heavy (non-hydrogen) atoms. The first kappa shape index (κ1) is 43.1. The van der Waals surface area contributed by atoms with Crippen LogP contribution in [0.3, 0.4) is 0 Å². The lowest BCUT2D eigenvalue weighted by atomic mass is 9.41. The molecule has 5 saturated carbocycles. The maximum atomic E-state index is 12.0. The highest BCUT2D eigenvalue weighted by atomic mass is 16.7. The monoisotopic (exact) mass is 814 g/mol. The SMILES string of the molecule is CC(C)(O)[C@@H]1CC[C@](C)([C@@H]2[C@@H](O)C[C@@]3(C)[C@H]4CC[C@H]5C(C)(C)[C@@H](O[C@@H]6O[C@H](CO[C@@H]7O[C@H](CO)[C@@H](O)[C@H](O)[C@H]7O)[C@@H](O)[C@H](O)[C@H]6O)CC[C@@]56C[C@@]46CC[C@]23CO)O1. The Labute approximate surface area is 335 Å². The molecule has 0 radical (unpaired) electrons. The average Bonchev–Trinajstić information content (AvgIpc) is 3.51. The van der Waals surface area contributed by atoms with Crippen LogP contribution in [-0.2, 0) is 23.7 Å². The first-order chi connectivity index (χ1) is 26.6. The van der Waals surface area contributed by atoms with E-state index in [0.29, 0.717) is 25.2 Å². The van der Waals surface area contributed by atoms with Gasteiger partial charge in [0.15, 0.2) is 12.6 Å². The highest BCUT2D eigenvalue weighted by Gasteiger charge is 2.84. The fourth-order valence-electron chi connectivity index (χ4n) is 15.1. The number of aliphatic hydroxyl groups excluding tert-OH is 9. The van der Waals surface area contributed by atoms with Gasteiger partial charge >= 0.3 is 0 Å². The third kappa shape index (κ3) is 6.06. The molecule has 0 unspecified atom stereocenters. The largest absolute Gasteiger partial charge is 0.396 e. The zero-order chi connectivity index (χ0) is 41.5. The van der Waals surface area contributed by atoms with Gasteiger partial charge in [0, 0.05) is 17.9 Å². The fourth-order valence-corrected chi connectivity index (χ4v) is 15.1. The zero-order valence-electron chi connectivity index (χ0n) is 34.4. The Balaban J connectivity index is 0.969. The van der Waals surface area contributed by atoms with E-state index < -0.39 is 97.3 Å². The van der Waals surface area contributed by atoms with E-state index in [-0.39, 0.29) is 52.3 Å². The number of hydrogen-bond donors (Lipinski definition) is 10. The molecule has 15 heteroatoms. The molecule has 5 aliphatic carbocycles. The summed E-state index contributed by atoms with van der Waals surface area (Å²) in [6.45, 7) is 11.3. The van der Waals surface area contributed by atoms with E-state index in [1.54, 1.807) is 13.8 Å². The third-order valence-corrected chi connectivity index (χ3v) is 18.0. The van der Waals surface area contributed by atoms with Crippen molar-refractivity contribution in [2.45, 2.75) is 197 Å². The van der Waals surface area contributed by atoms with Crippen LogP contribution in [0.2, 0.25) is 0 Å². The van der Waals surface area contributed by atoms with Gasteiger partial charge in [-0.3, -0.25) is 0 Å². The lowest BCUT2D eigenvalue weighted by Crippen LogP contribution is -2.63. The van der Waals surface area contributed by atoms with Crippen LogP contribution in [0.15, 0.2) is 0 Å². The summed E-state index contributed by atoms with van der Waals surface area (Å²) >= 11 is 0. The highest BCUT2D eigenvalue weighted by molar-refractivity contribution is 5.32. The lowest BCUT2D eigenvalue weighted by Gasteiger charge is -2.64. The molecule has 15 nitrogen and oxygen atoms in total. The molecule has 10 N–H and O–H groups in total. The summed E-state index contributed by atoms with van der Waals surface area (Å²) < 4.78 is 30.4. The minimum atomic E-state index is -1.66. The molecule has 0 bridgehead atoms. The van der Waals surface area contributed by atoms with Gasteiger partial charge in [-0.1, -0.05) is 20.8 Å². The normalized spacial score (nSPS) is 57.1. The van der Waals surface area contributed by atoms with Crippen LogP contribution >= 0.6 is 0 Å². The van der Waals surface area contributed by atoms with Crippen LogP contribution in [0, 0.1) is 44.8 Å². The van der Waals surface area contributed by atoms with Crippen molar-refractivity contribution in [3.05, 3.63) is 0 Å². The summed E-state index contributed by atoms with van der Waals surface area (Å²) in [5, 5.41) is 107. The van der Waals surface area contributed by atoms with Gasteiger partial charge in [-0.2, -0.15) is 0 Å². The maximum absolute atomic E-state index is 12.0. The molecule has 8 rings (SSSR count). The van der Waals surface area contributed by atoms with Crippen LogP contribution in [-0.4, -0.2) is 162 Å². The molecule has 21 atom stereocenters. The second-order valence-corrected chi connectivity index (χ2v) is 21.3. The number of rotatable bonds is 9. The van der Waals surface area contributed by atoms with Gasteiger partial charge in [0.2, 0.25) is 0 Å². The average molecular weight is 815 g/mol. The van der Waals surface area contributed by atoms with Crippen molar-refractivity contribution >= 4 is 0 Å². The quantitative estimate of drug-likeness (QED) is 0.139. The number of aliphatic hydroxyl groups is 10. The predicted molar refractivity (Wildman–Crippen MR) is 200 cm³/mol. The Morgan fingerprint density at radius 3 is 1.93 bits per heavy atom. The molecule has 0 amide bonds. The van der Waals surface area contributed by atoms with Crippen LogP contribution in [0.1, 0.15) is 106 Å². The van der Waals surface area contributed by atoms with E-state index in [4.69, 9.17) is 23.7 Å². The van der Waals surface area contributed by atoms with Gasteiger partial charge in [0.25, 0.3) is 0 Å². The van der Waals surface area contributed by atoms with Gasteiger partial charge in [0.05, 0.1) is 42.7 Å². The molecule has 3 saturated heterocycles. The van der Waals surface area contributed by atoms with Gasteiger partial charge < -0.3 is 74.7 Å². The van der Waals surface area contributed by atoms with E-state index in [1.165, 1.54) is 0 Å². The topological polar surface area (TPSA) is 248 Å². The number of fused-ring (bicyclic) bond motifs is 2. The Kier molecular flexibility index (Phi) is 10.7. The number of hydrogen-bond acceptors (Lipinski definition) is 15. The summed E-state index contributed by atoms with van der Waals surface area (Å²) in [4.78, 5) is 0. The molecule has 8 fully saturated rings. The van der Waals surface area contributed by atoms with E-state index in [1.807, 2.05) is 0 Å². The molecule has 3 aliphatic heterocycles. The van der Waals surface area contributed by atoms with Crippen molar-refractivity contribution < 1.29 is 74.7 Å². The summed E-state index contributed by atoms with van der Waals surface area (Å²) in [6.07, 6.45) is -7.77. The Bertz CT molecular complexity index is 1490. The molecule has 2 spiro atoms. The van der Waals surface area contributed by atoms with E-state index in [2.05, 4.69) is 27.7 Å². The first-order valence-corrected chi connectivity index (χ1v) is 21.5. The van der Waals surface area contributed by atoms with Crippen molar-refractivity contribution in [1.29, 1.82) is 0 Å². The Hall–Kier alpha value is -0.600. The predicted octanol–water partition coefficient (Wildman–Crippen LogP) is 0.0866. The van der Waals surface area contributed by atoms with Crippen LogP contribution in [0.25, 0.3) is 0 Å². The van der Waals surface area contributed by atoms with Crippen molar-refractivity contribution in [3.63, 3.8) is 0 Å². The van der Waals surface area contributed by atoms with E-state index in [0.717, 1.165) is 44.9 Å². The summed E-state index contributed by atoms with van der Waals surface area (Å²) in [7, 11) is 0. The standard InChI is InChI=1S/C42H70O15/c1-36(2)23-7-8-24-38(5)15-20(45)33(39(6)11-9-26(57-39)37(3,4)52)42(38,19-44)14-13-41(24)18-40(23,41)12-10-25(36)56-35-32(51)30(49)28(47)22(55-35)17-53-34-31(50)29(48)27(46)21(16-43)54-34/h20-35,43-52H,7-19H2,1-6H3/t20-,21+,22+,23-,24+,25-,26-,27+,28+,29-,30-,31+,32+,33-,34+,35-,38-,39+,40+,41-,42-/m0/s1. The van der Waals surface area contributed by atoms with Crippen molar-refractivity contribution in [2.24, 2.45) is 44.8 Å². The van der Waals surface area contributed by atoms with E-state index >= 15 is 0 Å². The third-order valence-electron chi connectivity index (χ3n) is 18.0. The first-order valence-electron chi connectivity index (χ1n) is 21.5. The molecular weight excluding hydrogens is 744 g/mol. The van der Waals surface area contributed by atoms with Crippen molar-refractivity contribution in [3.8, 4) is 0 Å². The minimum Gasteiger partial charge on any atom is -0.396 e. The highest BCUT2D eigenvalue weighted by Crippen LogP contribution is 2.89. The number of ether oxygens (including phenoxy) is 5. The Morgan fingerprint density at radius 2 is 1.30 bits per heavy atom. The van der Waals surface area contributed by atoms with Gasteiger partial charge in [-0.15, -0.1) is 0 Å². The summed E-state index contributed by atoms with van der Waals surface area (Å²) in [5.41, 5.74) is -2.71. The summed E-state index contributed by atoms with van der Waals surface area (Å²) in [6, 6.07) is 0. The van der Waals surface area contributed by atoms with Gasteiger partial charge in [-0.25, -0.2) is 0 Å². The van der Waals surface area contributed by atoms with E-state index in [9.17, 15) is 51.1 Å². The molecule has 328 valence electrons. The van der Waals surface area contributed by atoms with Crippen molar-refractivity contribution in [2.75, 3.05) is 19.8 Å².